The molecule has 4 aromatic rings. The molecule has 0 radical (unpaired) electrons. The summed E-state index contributed by atoms with van der Waals surface area (Å²) in [5.41, 5.74) is 2.83. The number of nitrogens with zero attached hydrogens (tertiary/aromatic N) is 5. The van der Waals surface area contributed by atoms with Gasteiger partial charge in [0, 0.05) is 25.1 Å². The molecule has 0 aromatic carbocycles. The molecule has 0 aliphatic rings. The molecular formula is C15H14N6. The van der Waals surface area contributed by atoms with E-state index in [-0.39, 0.29) is 0 Å². The SMILES string of the molecule is c1ccn2cc(CNCc3nnc4ccccn34)nc2c1. The van der Waals surface area contributed by atoms with Crippen LogP contribution in [0.4, 0.5) is 0 Å². The van der Waals surface area contributed by atoms with E-state index in [0.717, 1.165) is 22.8 Å². The van der Waals surface area contributed by atoms with Gasteiger partial charge in [0.1, 0.15) is 5.65 Å². The summed E-state index contributed by atoms with van der Waals surface area (Å²) in [5, 5.41) is 11.7. The molecule has 0 saturated carbocycles. The molecule has 0 fully saturated rings. The third kappa shape index (κ3) is 2.25. The van der Waals surface area contributed by atoms with E-state index < -0.39 is 0 Å². The largest absolute Gasteiger partial charge is 0.307 e. The van der Waals surface area contributed by atoms with Crippen LogP contribution in [0.5, 0.6) is 0 Å². The van der Waals surface area contributed by atoms with E-state index in [4.69, 9.17) is 0 Å². The second kappa shape index (κ2) is 4.99. The van der Waals surface area contributed by atoms with Crippen LogP contribution in [-0.2, 0) is 13.1 Å². The first-order valence-corrected chi connectivity index (χ1v) is 6.82. The minimum atomic E-state index is 0.652. The van der Waals surface area contributed by atoms with Gasteiger partial charge in [-0.15, -0.1) is 10.2 Å². The Morgan fingerprint density at radius 1 is 0.905 bits per heavy atom. The second-order valence-corrected chi connectivity index (χ2v) is 4.85. The number of fused-ring (bicyclic) bond motifs is 2. The number of nitrogens with one attached hydrogen (secondary N) is 1. The average molecular weight is 278 g/mol. The lowest BCUT2D eigenvalue weighted by molar-refractivity contribution is 0.649. The molecule has 0 unspecified atom stereocenters. The summed E-state index contributed by atoms with van der Waals surface area (Å²) in [6.07, 6.45) is 6.00. The molecule has 4 rings (SSSR count). The Hall–Kier alpha value is -2.73. The van der Waals surface area contributed by atoms with Crippen LogP contribution in [0.1, 0.15) is 11.5 Å². The summed E-state index contributed by atoms with van der Waals surface area (Å²) < 4.78 is 4.00. The topological polar surface area (TPSA) is 59.5 Å². The van der Waals surface area contributed by atoms with Crippen LogP contribution in [0.2, 0.25) is 0 Å². The first-order valence-electron chi connectivity index (χ1n) is 6.82. The summed E-state index contributed by atoms with van der Waals surface area (Å²) in [7, 11) is 0. The van der Waals surface area contributed by atoms with Gasteiger partial charge in [0.05, 0.1) is 12.2 Å². The molecule has 104 valence electrons. The van der Waals surface area contributed by atoms with Crippen molar-refractivity contribution in [2.75, 3.05) is 0 Å². The van der Waals surface area contributed by atoms with Crippen LogP contribution in [0.25, 0.3) is 11.3 Å². The van der Waals surface area contributed by atoms with E-state index in [2.05, 4.69) is 20.5 Å². The monoisotopic (exact) mass is 278 g/mol. The molecule has 6 heteroatoms. The van der Waals surface area contributed by atoms with Gasteiger partial charge in [0.25, 0.3) is 0 Å². The molecule has 4 aromatic heterocycles. The number of hydrogen-bond acceptors (Lipinski definition) is 4. The first-order chi connectivity index (χ1) is 10.4. The van der Waals surface area contributed by atoms with E-state index in [9.17, 15) is 0 Å². The lowest BCUT2D eigenvalue weighted by Crippen LogP contribution is -2.15. The number of aromatic nitrogens is 5. The molecule has 0 saturated heterocycles. The van der Waals surface area contributed by atoms with E-state index in [1.165, 1.54) is 0 Å². The van der Waals surface area contributed by atoms with E-state index in [1.807, 2.05) is 63.8 Å². The van der Waals surface area contributed by atoms with Gasteiger partial charge in [0.15, 0.2) is 11.5 Å². The van der Waals surface area contributed by atoms with Crippen LogP contribution in [0.15, 0.2) is 55.0 Å². The van der Waals surface area contributed by atoms with Gasteiger partial charge >= 0.3 is 0 Å². The summed E-state index contributed by atoms with van der Waals surface area (Å²) in [6.45, 7) is 1.35. The van der Waals surface area contributed by atoms with Crippen molar-refractivity contribution in [1.29, 1.82) is 0 Å². The fourth-order valence-corrected chi connectivity index (χ4v) is 2.39. The molecule has 0 spiro atoms. The van der Waals surface area contributed by atoms with Crippen molar-refractivity contribution in [2.45, 2.75) is 13.1 Å². The zero-order chi connectivity index (χ0) is 14.1. The van der Waals surface area contributed by atoms with E-state index in [0.29, 0.717) is 13.1 Å². The highest BCUT2D eigenvalue weighted by molar-refractivity contribution is 5.39. The molecule has 0 bridgehead atoms. The van der Waals surface area contributed by atoms with E-state index in [1.54, 1.807) is 0 Å². The van der Waals surface area contributed by atoms with Crippen LogP contribution in [0, 0.1) is 0 Å². The molecule has 0 amide bonds. The molecule has 0 aliphatic carbocycles. The summed E-state index contributed by atoms with van der Waals surface area (Å²) >= 11 is 0. The average Bonchev–Trinajstić information content (AvgIpc) is 3.11. The van der Waals surface area contributed by atoms with Crippen molar-refractivity contribution in [2.24, 2.45) is 0 Å². The maximum atomic E-state index is 4.55. The van der Waals surface area contributed by atoms with Crippen LogP contribution in [-0.4, -0.2) is 24.0 Å². The van der Waals surface area contributed by atoms with E-state index >= 15 is 0 Å². The van der Waals surface area contributed by atoms with Gasteiger partial charge in [-0.25, -0.2) is 4.98 Å². The number of pyridine rings is 2. The highest BCUT2D eigenvalue weighted by atomic mass is 15.3. The zero-order valence-corrected chi connectivity index (χ0v) is 11.3. The molecule has 4 heterocycles. The van der Waals surface area contributed by atoms with Crippen molar-refractivity contribution in [1.82, 2.24) is 29.3 Å². The summed E-state index contributed by atoms with van der Waals surface area (Å²) in [4.78, 5) is 4.55. The smallest absolute Gasteiger partial charge is 0.160 e. The van der Waals surface area contributed by atoms with Crippen LogP contribution < -0.4 is 5.32 Å². The molecule has 0 aliphatic heterocycles. The zero-order valence-electron chi connectivity index (χ0n) is 11.3. The van der Waals surface area contributed by atoms with Gasteiger partial charge < -0.3 is 9.72 Å². The quantitative estimate of drug-likeness (QED) is 0.617. The molecule has 0 atom stereocenters. The van der Waals surface area contributed by atoms with Crippen molar-refractivity contribution in [3.63, 3.8) is 0 Å². The van der Waals surface area contributed by atoms with Crippen molar-refractivity contribution < 1.29 is 0 Å². The molecule has 1 N–H and O–H groups in total. The maximum Gasteiger partial charge on any atom is 0.160 e. The number of rotatable bonds is 4. The highest BCUT2D eigenvalue weighted by Crippen LogP contribution is 2.05. The Morgan fingerprint density at radius 3 is 2.67 bits per heavy atom. The van der Waals surface area contributed by atoms with Gasteiger partial charge in [-0.2, -0.15) is 0 Å². The predicted molar refractivity (Wildman–Crippen MR) is 78.7 cm³/mol. The normalized spacial score (nSPS) is 11.4. The fraction of sp³-hybridized carbons (Fsp3) is 0.133. The molecule has 6 nitrogen and oxygen atoms in total. The summed E-state index contributed by atoms with van der Waals surface area (Å²) in [5.74, 6) is 0.898. The van der Waals surface area contributed by atoms with Crippen LogP contribution in [0.3, 0.4) is 0 Å². The van der Waals surface area contributed by atoms with Crippen molar-refractivity contribution >= 4 is 11.3 Å². The van der Waals surface area contributed by atoms with Crippen molar-refractivity contribution in [3.05, 3.63) is 66.5 Å². The van der Waals surface area contributed by atoms with Gasteiger partial charge in [-0.3, -0.25) is 4.40 Å². The minimum absolute atomic E-state index is 0.652. The molecular weight excluding hydrogens is 264 g/mol. The lowest BCUT2D eigenvalue weighted by Gasteiger charge is -2.01. The standard InChI is InChI=1S/C15H14N6/c1-3-7-20-11-12(17-13(20)5-1)9-16-10-15-19-18-14-6-2-4-8-21(14)15/h1-8,11,16H,9-10H2. The predicted octanol–water partition coefficient (Wildman–Crippen LogP) is 1.67. The van der Waals surface area contributed by atoms with Crippen molar-refractivity contribution in [3.8, 4) is 0 Å². The third-order valence-electron chi connectivity index (χ3n) is 3.39. The Balaban J connectivity index is 1.47. The van der Waals surface area contributed by atoms with Crippen LogP contribution >= 0.6 is 0 Å². The van der Waals surface area contributed by atoms with Gasteiger partial charge in [0.2, 0.25) is 0 Å². The third-order valence-corrected chi connectivity index (χ3v) is 3.39. The van der Waals surface area contributed by atoms with Gasteiger partial charge in [-0.05, 0) is 24.3 Å². The number of imidazole rings is 1. The minimum Gasteiger partial charge on any atom is -0.307 e. The number of hydrogen-bond donors (Lipinski definition) is 1. The maximum absolute atomic E-state index is 4.55. The molecule has 21 heavy (non-hydrogen) atoms. The Morgan fingerprint density at radius 2 is 1.76 bits per heavy atom. The fourth-order valence-electron chi connectivity index (χ4n) is 2.39. The lowest BCUT2D eigenvalue weighted by atomic mass is 10.4. The second-order valence-electron chi connectivity index (χ2n) is 4.85. The summed E-state index contributed by atoms with van der Waals surface area (Å²) in [6, 6.07) is 11.9. The Labute approximate surface area is 121 Å². The Kier molecular flexibility index (Phi) is 2.86. The highest BCUT2D eigenvalue weighted by Gasteiger charge is 2.05. The first kappa shape index (κ1) is 12.0. The van der Waals surface area contributed by atoms with Gasteiger partial charge in [-0.1, -0.05) is 12.1 Å². The Bertz CT molecular complexity index is 858.